The van der Waals surface area contributed by atoms with Gasteiger partial charge in [-0.2, -0.15) is 13.2 Å². The number of amides is 1. The van der Waals surface area contributed by atoms with Crippen LogP contribution in [0.2, 0.25) is 0 Å². The molecule has 20 heavy (non-hydrogen) atoms. The van der Waals surface area contributed by atoms with Gasteiger partial charge in [-0.05, 0) is 25.0 Å². The van der Waals surface area contributed by atoms with Crippen molar-refractivity contribution in [3.8, 4) is 5.75 Å². The first kappa shape index (κ1) is 14.5. The first-order valence-corrected chi connectivity index (χ1v) is 6.13. The average Bonchev–Trinajstić information content (AvgIpc) is 3.18. The second-order valence-electron chi connectivity index (χ2n) is 4.70. The van der Waals surface area contributed by atoms with E-state index in [2.05, 4.69) is 0 Å². The van der Waals surface area contributed by atoms with Crippen molar-refractivity contribution < 1.29 is 22.7 Å². The minimum atomic E-state index is -4.44. The molecule has 1 aliphatic carbocycles. The molecule has 0 radical (unpaired) electrons. The highest BCUT2D eigenvalue weighted by atomic mass is 19.4. The van der Waals surface area contributed by atoms with E-state index in [1.807, 2.05) is 0 Å². The molecular weight excluding hydrogens is 273 g/mol. The summed E-state index contributed by atoms with van der Waals surface area (Å²) < 4.78 is 42.8. The Morgan fingerprint density at radius 3 is 2.60 bits per heavy atom. The Morgan fingerprint density at radius 2 is 2.10 bits per heavy atom. The molecular formula is C13H15F3N2O2. The van der Waals surface area contributed by atoms with Crippen LogP contribution in [0.5, 0.6) is 5.75 Å². The van der Waals surface area contributed by atoms with E-state index in [1.165, 1.54) is 19.2 Å². The number of methoxy groups -OCH3 is 1. The molecule has 1 aromatic rings. The van der Waals surface area contributed by atoms with Crippen LogP contribution in [0.1, 0.15) is 23.2 Å². The van der Waals surface area contributed by atoms with Gasteiger partial charge in [0, 0.05) is 11.7 Å². The van der Waals surface area contributed by atoms with Gasteiger partial charge in [0.05, 0.1) is 7.11 Å². The third-order valence-corrected chi connectivity index (χ3v) is 3.09. The fourth-order valence-corrected chi connectivity index (χ4v) is 2.04. The van der Waals surface area contributed by atoms with Gasteiger partial charge in [0.2, 0.25) is 0 Å². The summed E-state index contributed by atoms with van der Waals surface area (Å²) in [4.78, 5) is 13.2. The van der Waals surface area contributed by atoms with Crippen LogP contribution in [0.3, 0.4) is 0 Å². The van der Waals surface area contributed by atoms with Crippen molar-refractivity contribution in [1.82, 2.24) is 4.90 Å². The molecule has 0 atom stereocenters. The molecule has 1 aromatic carbocycles. The number of nitrogens with two attached hydrogens (primary N) is 1. The van der Waals surface area contributed by atoms with Crippen molar-refractivity contribution in [3.63, 3.8) is 0 Å². The van der Waals surface area contributed by atoms with Gasteiger partial charge in [-0.15, -0.1) is 0 Å². The highest BCUT2D eigenvalue weighted by molar-refractivity contribution is 6.02. The van der Waals surface area contributed by atoms with Gasteiger partial charge in [0.15, 0.2) is 0 Å². The molecule has 1 fully saturated rings. The average molecular weight is 288 g/mol. The first-order chi connectivity index (χ1) is 9.33. The number of hydrogen-bond donors (Lipinski definition) is 1. The zero-order chi connectivity index (χ0) is 14.9. The number of nitrogen functional groups attached to an aromatic ring is 1. The molecule has 0 spiro atoms. The van der Waals surface area contributed by atoms with Crippen LogP contribution in [0, 0.1) is 0 Å². The van der Waals surface area contributed by atoms with E-state index in [9.17, 15) is 18.0 Å². The molecule has 1 saturated carbocycles. The molecule has 0 heterocycles. The molecule has 0 aliphatic heterocycles. The van der Waals surface area contributed by atoms with E-state index in [4.69, 9.17) is 10.5 Å². The summed E-state index contributed by atoms with van der Waals surface area (Å²) in [6.45, 7) is -1.27. The molecule has 2 rings (SSSR count). The molecule has 2 N–H and O–H groups in total. The molecule has 0 bridgehead atoms. The van der Waals surface area contributed by atoms with E-state index in [1.54, 1.807) is 6.07 Å². The van der Waals surface area contributed by atoms with Crippen LogP contribution in [0.25, 0.3) is 0 Å². The van der Waals surface area contributed by atoms with Crippen molar-refractivity contribution in [2.24, 2.45) is 0 Å². The zero-order valence-corrected chi connectivity index (χ0v) is 10.9. The van der Waals surface area contributed by atoms with Crippen molar-refractivity contribution in [1.29, 1.82) is 0 Å². The number of nitrogens with zero attached hydrogens (tertiary/aromatic N) is 1. The summed E-state index contributed by atoms with van der Waals surface area (Å²) in [5.74, 6) is -0.553. The molecule has 0 saturated heterocycles. The van der Waals surface area contributed by atoms with Gasteiger partial charge in [0.25, 0.3) is 5.91 Å². The maximum Gasteiger partial charge on any atom is 0.406 e. The van der Waals surface area contributed by atoms with Gasteiger partial charge in [-0.3, -0.25) is 4.79 Å². The van der Waals surface area contributed by atoms with Crippen molar-refractivity contribution >= 4 is 11.6 Å². The summed E-state index contributed by atoms with van der Waals surface area (Å²) in [7, 11) is 1.34. The number of carbonyl (C=O) groups excluding carboxylic acids is 1. The van der Waals surface area contributed by atoms with E-state index >= 15 is 0 Å². The number of alkyl halides is 3. The standard InChI is InChI=1S/C13H15F3N2O2/c1-20-10-4-2-3-9(17)11(10)12(19)18(8-5-6-8)7-13(14,15)16/h2-4,8H,5-7,17H2,1H3. The number of benzene rings is 1. The SMILES string of the molecule is COc1cccc(N)c1C(=O)N(CC(F)(F)F)C1CC1. The predicted molar refractivity (Wildman–Crippen MR) is 67.5 cm³/mol. The Labute approximate surface area is 114 Å². The zero-order valence-electron chi connectivity index (χ0n) is 10.9. The molecule has 1 aliphatic rings. The van der Waals surface area contributed by atoms with Crippen LogP contribution in [0.15, 0.2) is 18.2 Å². The highest BCUT2D eigenvalue weighted by Gasteiger charge is 2.41. The van der Waals surface area contributed by atoms with Crippen LogP contribution in [-0.2, 0) is 0 Å². The van der Waals surface area contributed by atoms with E-state index in [0.29, 0.717) is 12.8 Å². The quantitative estimate of drug-likeness (QED) is 0.866. The van der Waals surface area contributed by atoms with Crippen LogP contribution < -0.4 is 10.5 Å². The normalized spacial score (nSPS) is 15.0. The molecule has 1 amide bonds. The maximum atomic E-state index is 12.6. The van der Waals surface area contributed by atoms with Gasteiger partial charge < -0.3 is 15.4 Å². The van der Waals surface area contributed by atoms with Gasteiger partial charge in [0.1, 0.15) is 17.9 Å². The third kappa shape index (κ3) is 3.15. The molecule has 7 heteroatoms. The largest absolute Gasteiger partial charge is 0.496 e. The fraction of sp³-hybridized carbons (Fsp3) is 0.462. The Kier molecular flexibility index (Phi) is 3.78. The highest BCUT2D eigenvalue weighted by Crippen LogP contribution is 2.34. The number of halogens is 3. The van der Waals surface area contributed by atoms with Crippen molar-refractivity contribution in [2.75, 3.05) is 19.4 Å². The minimum absolute atomic E-state index is 0.00819. The van der Waals surface area contributed by atoms with E-state index in [0.717, 1.165) is 4.90 Å². The van der Waals surface area contributed by atoms with Gasteiger partial charge in [-0.1, -0.05) is 6.07 Å². The van der Waals surface area contributed by atoms with Crippen molar-refractivity contribution in [2.45, 2.75) is 25.1 Å². The maximum absolute atomic E-state index is 12.6. The first-order valence-electron chi connectivity index (χ1n) is 6.13. The summed E-state index contributed by atoms with van der Waals surface area (Å²) in [5.41, 5.74) is 5.82. The third-order valence-electron chi connectivity index (χ3n) is 3.09. The fourth-order valence-electron chi connectivity index (χ4n) is 2.04. The Morgan fingerprint density at radius 1 is 1.45 bits per heavy atom. The van der Waals surface area contributed by atoms with Crippen LogP contribution in [-0.4, -0.2) is 36.7 Å². The topological polar surface area (TPSA) is 55.6 Å². The van der Waals surface area contributed by atoms with Gasteiger partial charge >= 0.3 is 6.18 Å². The number of hydrogen-bond acceptors (Lipinski definition) is 3. The number of rotatable bonds is 4. The summed E-state index contributed by atoms with van der Waals surface area (Å²) in [6.07, 6.45) is -3.28. The molecule has 0 aromatic heterocycles. The molecule has 4 nitrogen and oxygen atoms in total. The van der Waals surface area contributed by atoms with Crippen LogP contribution >= 0.6 is 0 Å². The lowest BCUT2D eigenvalue weighted by molar-refractivity contribution is -0.141. The monoisotopic (exact) mass is 288 g/mol. The predicted octanol–water partition coefficient (Wildman–Crippen LogP) is 2.44. The summed E-state index contributed by atoms with van der Waals surface area (Å²) >= 11 is 0. The lowest BCUT2D eigenvalue weighted by atomic mass is 10.1. The number of carbonyl (C=O) groups is 1. The van der Waals surface area contributed by atoms with Crippen molar-refractivity contribution in [3.05, 3.63) is 23.8 Å². The molecule has 110 valence electrons. The second-order valence-corrected chi connectivity index (χ2v) is 4.70. The second kappa shape index (κ2) is 5.22. The van der Waals surface area contributed by atoms with E-state index in [-0.39, 0.29) is 23.0 Å². The summed E-state index contributed by atoms with van der Waals surface area (Å²) in [5, 5.41) is 0. The van der Waals surface area contributed by atoms with Crippen LogP contribution in [0.4, 0.5) is 18.9 Å². The number of anilines is 1. The lowest BCUT2D eigenvalue weighted by Gasteiger charge is -2.25. The van der Waals surface area contributed by atoms with Gasteiger partial charge in [-0.25, -0.2) is 0 Å². The number of ether oxygens (including phenoxy) is 1. The van der Waals surface area contributed by atoms with E-state index < -0.39 is 18.6 Å². The Bertz CT molecular complexity index is 513. The molecule has 0 unspecified atom stereocenters. The summed E-state index contributed by atoms with van der Waals surface area (Å²) in [6, 6.07) is 4.18. The minimum Gasteiger partial charge on any atom is -0.496 e. The Hall–Kier alpha value is -1.92. The smallest absolute Gasteiger partial charge is 0.406 e. The Balaban J connectivity index is 2.33. The lowest BCUT2D eigenvalue weighted by Crippen LogP contribution is -2.40.